The molecule has 1 amide bonds. The van der Waals surface area contributed by atoms with E-state index in [0.717, 1.165) is 25.7 Å². The number of fused-ring (bicyclic) bond motifs is 2. The Labute approximate surface area is 107 Å². The third kappa shape index (κ3) is 2.53. The lowest BCUT2D eigenvalue weighted by molar-refractivity contribution is 0.0447. The van der Waals surface area contributed by atoms with Crippen molar-refractivity contribution in [3.05, 3.63) is 10.4 Å². The number of carbonyl (C=O) groups excluding carboxylic acids is 1. The number of azide groups is 1. The third-order valence-corrected chi connectivity index (χ3v) is 3.79. The Kier molecular flexibility index (Phi) is 3.15. The number of nitrogens with one attached hydrogen (secondary N) is 1. The van der Waals surface area contributed by atoms with E-state index in [1.165, 1.54) is 0 Å². The number of nitrogens with zero attached hydrogens (tertiary/aromatic N) is 3. The van der Waals surface area contributed by atoms with Crippen LogP contribution < -0.4 is 5.32 Å². The molecule has 2 rings (SSSR count). The van der Waals surface area contributed by atoms with Crippen molar-refractivity contribution in [2.45, 2.75) is 63.6 Å². The molecule has 6 heteroatoms. The van der Waals surface area contributed by atoms with Crippen LogP contribution in [-0.2, 0) is 4.74 Å². The second kappa shape index (κ2) is 4.35. The molecule has 0 aromatic heterocycles. The number of rotatable bonds is 2. The molecule has 6 nitrogen and oxygen atoms in total. The van der Waals surface area contributed by atoms with Crippen LogP contribution >= 0.6 is 0 Å². The lowest BCUT2D eigenvalue weighted by Crippen LogP contribution is -2.53. The summed E-state index contributed by atoms with van der Waals surface area (Å²) in [6, 6.07) is -0.131. The zero-order valence-corrected chi connectivity index (χ0v) is 11.1. The maximum Gasteiger partial charge on any atom is 0.408 e. The molecule has 0 aromatic carbocycles. The van der Waals surface area contributed by atoms with E-state index in [4.69, 9.17) is 10.3 Å². The van der Waals surface area contributed by atoms with Crippen LogP contribution in [0, 0.1) is 5.92 Å². The maximum absolute atomic E-state index is 11.9. The predicted molar refractivity (Wildman–Crippen MR) is 67.0 cm³/mol. The number of carbonyl (C=O) groups is 1. The molecule has 1 N–H and O–H groups in total. The Morgan fingerprint density at radius 3 is 2.83 bits per heavy atom. The summed E-state index contributed by atoms with van der Waals surface area (Å²) < 4.78 is 5.29. The number of hydrogen-bond acceptors (Lipinski definition) is 3. The average molecular weight is 252 g/mol. The smallest absolute Gasteiger partial charge is 0.408 e. The quantitative estimate of drug-likeness (QED) is 0.465. The SMILES string of the molecule is CC(C)(C)OC(=O)N[C@]12CC[C@H](C[C@H]1N=[N+]=[N-])C2. The topological polar surface area (TPSA) is 87.1 Å². The van der Waals surface area contributed by atoms with Gasteiger partial charge < -0.3 is 10.1 Å². The van der Waals surface area contributed by atoms with Crippen LogP contribution in [0.15, 0.2) is 5.11 Å². The monoisotopic (exact) mass is 252 g/mol. The highest BCUT2D eigenvalue weighted by molar-refractivity contribution is 5.69. The number of amides is 1. The van der Waals surface area contributed by atoms with Gasteiger partial charge in [-0.05, 0) is 57.9 Å². The van der Waals surface area contributed by atoms with E-state index in [0.29, 0.717) is 5.92 Å². The standard InChI is InChI=1S/C12H20N4O2/c1-11(2,3)18-10(17)14-12-5-4-8(7-12)6-9(12)15-16-13/h8-9H,4-7H2,1-3H3,(H,14,17)/t8-,9-,12+/m1/s1. The van der Waals surface area contributed by atoms with E-state index >= 15 is 0 Å². The first-order chi connectivity index (χ1) is 8.35. The van der Waals surface area contributed by atoms with Crippen LogP contribution in [0.4, 0.5) is 4.79 Å². The zero-order valence-electron chi connectivity index (χ0n) is 11.1. The number of alkyl carbamates (subject to hydrolysis) is 1. The van der Waals surface area contributed by atoms with Crippen LogP contribution in [0.3, 0.4) is 0 Å². The van der Waals surface area contributed by atoms with E-state index in [1.807, 2.05) is 20.8 Å². The molecule has 0 aromatic rings. The molecule has 3 atom stereocenters. The summed E-state index contributed by atoms with van der Waals surface area (Å²) in [5.41, 5.74) is 7.72. The van der Waals surface area contributed by atoms with Crippen molar-refractivity contribution in [1.82, 2.24) is 5.32 Å². The molecule has 2 saturated carbocycles. The largest absolute Gasteiger partial charge is 0.444 e. The molecule has 0 aliphatic heterocycles. The van der Waals surface area contributed by atoms with Gasteiger partial charge in [-0.3, -0.25) is 0 Å². The van der Waals surface area contributed by atoms with Crippen molar-refractivity contribution in [2.24, 2.45) is 11.0 Å². The predicted octanol–water partition coefficient (Wildman–Crippen LogP) is 3.13. The average Bonchev–Trinajstić information content (AvgIpc) is 2.71. The van der Waals surface area contributed by atoms with Crippen LogP contribution in [0.2, 0.25) is 0 Å². The number of ether oxygens (including phenoxy) is 1. The van der Waals surface area contributed by atoms with Crippen molar-refractivity contribution < 1.29 is 9.53 Å². The van der Waals surface area contributed by atoms with Gasteiger partial charge in [-0.25, -0.2) is 4.79 Å². The normalized spacial score (nSPS) is 33.9. The zero-order chi connectivity index (χ0) is 13.4. The summed E-state index contributed by atoms with van der Waals surface area (Å²) in [5.74, 6) is 0.565. The number of hydrogen-bond donors (Lipinski definition) is 1. The molecule has 100 valence electrons. The fraction of sp³-hybridized carbons (Fsp3) is 0.917. The molecule has 2 aliphatic carbocycles. The fourth-order valence-corrected chi connectivity index (χ4v) is 3.15. The molecule has 2 bridgehead atoms. The summed E-state index contributed by atoms with van der Waals surface area (Å²) in [6.45, 7) is 5.50. The van der Waals surface area contributed by atoms with Crippen LogP contribution in [-0.4, -0.2) is 23.3 Å². The summed E-state index contributed by atoms with van der Waals surface area (Å²) >= 11 is 0. The van der Waals surface area contributed by atoms with E-state index in [-0.39, 0.29) is 11.6 Å². The molecule has 0 spiro atoms. The van der Waals surface area contributed by atoms with E-state index in [9.17, 15) is 4.79 Å². The van der Waals surface area contributed by atoms with Crippen LogP contribution in [0.25, 0.3) is 10.4 Å². The lowest BCUT2D eigenvalue weighted by atomic mass is 9.89. The molecule has 0 heterocycles. The van der Waals surface area contributed by atoms with Gasteiger partial charge in [0, 0.05) is 4.91 Å². The van der Waals surface area contributed by atoms with Gasteiger partial charge in [-0.1, -0.05) is 5.11 Å². The molecule has 0 saturated heterocycles. The van der Waals surface area contributed by atoms with Gasteiger partial charge in [0.2, 0.25) is 0 Å². The summed E-state index contributed by atoms with van der Waals surface area (Å²) in [6.07, 6.45) is 3.33. The molecule has 0 unspecified atom stereocenters. The van der Waals surface area contributed by atoms with E-state index < -0.39 is 11.7 Å². The Morgan fingerprint density at radius 2 is 2.28 bits per heavy atom. The van der Waals surface area contributed by atoms with Gasteiger partial charge in [0.15, 0.2) is 0 Å². The molecule has 2 aliphatic rings. The van der Waals surface area contributed by atoms with Gasteiger partial charge in [-0.2, -0.15) is 0 Å². The highest BCUT2D eigenvalue weighted by atomic mass is 16.6. The molecular formula is C12H20N4O2. The maximum atomic E-state index is 11.9. The first-order valence-electron chi connectivity index (χ1n) is 6.40. The Morgan fingerprint density at radius 1 is 1.56 bits per heavy atom. The first kappa shape index (κ1) is 13.0. The highest BCUT2D eigenvalue weighted by Crippen LogP contribution is 2.49. The van der Waals surface area contributed by atoms with Crippen LogP contribution in [0.5, 0.6) is 0 Å². The summed E-state index contributed by atoms with van der Waals surface area (Å²) in [5, 5.41) is 6.79. The van der Waals surface area contributed by atoms with Gasteiger partial charge in [0.25, 0.3) is 0 Å². The lowest BCUT2D eigenvalue weighted by Gasteiger charge is -2.34. The summed E-state index contributed by atoms with van der Waals surface area (Å²) in [4.78, 5) is 14.8. The molecule has 2 fully saturated rings. The minimum absolute atomic E-state index is 0.131. The van der Waals surface area contributed by atoms with Crippen molar-refractivity contribution >= 4 is 6.09 Å². The van der Waals surface area contributed by atoms with E-state index in [2.05, 4.69) is 15.3 Å². The first-order valence-corrected chi connectivity index (χ1v) is 6.40. The van der Waals surface area contributed by atoms with Crippen LogP contribution in [0.1, 0.15) is 46.5 Å². The second-order valence-electron chi connectivity index (χ2n) is 6.35. The van der Waals surface area contributed by atoms with Crippen molar-refractivity contribution in [1.29, 1.82) is 0 Å². The minimum Gasteiger partial charge on any atom is -0.444 e. The molecule has 18 heavy (non-hydrogen) atoms. The Bertz CT molecular complexity index is 397. The van der Waals surface area contributed by atoms with Crippen molar-refractivity contribution in [2.75, 3.05) is 0 Å². The fourth-order valence-electron chi connectivity index (χ4n) is 3.15. The van der Waals surface area contributed by atoms with Crippen molar-refractivity contribution in [3.63, 3.8) is 0 Å². The minimum atomic E-state index is -0.509. The van der Waals surface area contributed by atoms with Gasteiger partial charge in [0.1, 0.15) is 5.60 Å². The van der Waals surface area contributed by atoms with Crippen molar-refractivity contribution in [3.8, 4) is 0 Å². The third-order valence-electron chi connectivity index (χ3n) is 3.79. The van der Waals surface area contributed by atoms with Gasteiger partial charge in [0.05, 0.1) is 11.6 Å². The molecular weight excluding hydrogens is 232 g/mol. The Hall–Kier alpha value is -1.42. The Balaban J connectivity index is 2.06. The highest BCUT2D eigenvalue weighted by Gasteiger charge is 2.53. The van der Waals surface area contributed by atoms with E-state index in [1.54, 1.807) is 0 Å². The second-order valence-corrected chi connectivity index (χ2v) is 6.35. The van der Waals surface area contributed by atoms with Gasteiger partial charge in [-0.15, -0.1) is 0 Å². The summed E-state index contributed by atoms with van der Waals surface area (Å²) in [7, 11) is 0. The van der Waals surface area contributed by atoms with Gasteiger partial charge >= 0.3 is 6.09 Å². The molecule has 0 radical (unpaired) electrons.